The summed E-state index contributed by atoms with van der Waals surface area (Å²) in [4.78, 5) is 14.7. The molecule has 1 N–H and O–H groups in total. The summed E-state index contributed by atoms with van der Waals surface area (Å²) in [5.41, 5.74) is -0.00936. The van der Waals surface area contributed by atoms with Crippen molar-refractivity contribution < 1.29 is 19.4 Å². The van der Waals surface area contributed by atoms with Crippen molar-refractivity contribution in [2.45, 2.75) is 13.3 Å². The van der Waals surface area contributed by atoms with Crippen LogP contribution in [0.15, 0.2) is 12.1 Å². The molecule has 0 fully saturated rings. The van der Waals surface area contributed by atoms with Crippen LogP contribution in [0.4, 0.5) is 0 Å². The summed E-state index contributed by atoms with van der Waals surface area (Å²) in [6.45, 7) is 3.29. The summed E-state index contributed by atoms with van der Waals surface area (Å²) in [5.74, 6) is -1.08. The Morgan fingerprint density at radius 3 is 2.82 bits per heavy atom. The van der Waals surface area contributed by atoms with Gasteiger partial charge in [-0.05, 0) is 18.6 Å². The molecule has 0 spiro atoms. The predicted octanol–water partition coefficient (Wildman–Crippen LogP) is 2.24. The van der Waals surface area contributed by atoms with Crippen molar-refractivity contribution in [2.24, 2.45) is 0 Å². The maximum absolute atomic E-state index is 10.9. The highest BCUT2D eigenvalue weighted by Gasteiger charge is 2.13. The normalized spacial score (nSPS) is 10.2. The minimum atomic E-state index is -1.10. The molecule has 0 aliphatic heterocycles. The molecule has 5 nitrogen and oxygen atoms in total. The molecule has 0 aliphatic rings. The number of aromatic carboxylic acids is 1. The van der Waals surface area contributed by atoms with Crippen LogP contribution in [0.5, 0.6) is 5.88 Å². The summed E-state index contributed by atoms with van der Waals surface area (Å²) in [6, 6.07) is 2.77. The van der Waals surface area contributed by atoms with Crippen LogP contribution < -0.4 is 4.74 Å². The Morgan fingerprint density at radius 2 is 2.18 bits per heavy atom. The number of hydrogen-bond acceptors (Lipinski definition) is 4. The SMILES string of the molecule is CCCOCCOc1nc(Cl)ccc1C(=O)O. The van der Waals surface area contributed by atoms with Crippen molar-refractivity contribution in [3.05, 3.63) is 22.8 Å². The van der Waals surface area contributed by atoms with E-state index in [9.17, 15) is 4.79 Å². The lowest BCUT2D eigenvalue weighted by Crippen LogP contribution is -2.11. The van der Waals surface area contributed by atoms with Crippen LogP contribution in [0, 0.1) is 0 Å². The molecule has 0 aromatic carbocycles. The van der Waals surface area contributed by atoms with Crippen molar-refractivity contribution in [3.63, 3.8) is 0 Å². The molecule has 0 saturated carbocycles. The van der Waals surface area contributed by atoms with Crippen LogP contribution >= 0.6 is 11.6 Å². The van der Waals surface area contributed by atoms with E-state index in [1.165, 1.54) is 12.1 Å². The molecule has 0 saturated heterocycles. The zero-order valence-corrected chi connectivity index (χ0v) is 10.2. The number of aromatic nitrogens is 1. The van der Waals surface area contributed by atoms with Gasteiger partial charge in [-0.15, -0.1) is 0 Å². The van der Waals surface area contributed by atoms with Crippen molar-refractivity contribution in [1.82, 2.24) is 4.98 Å². The third-order valence-corrected chi connectivity index (χ3v) is 2.08. The summed E-state index contributed by atoms with van der Waals surface area (Å²) in [6.07, 6.45) is 0.926. The average molecular weight is 260 g/mol. The zero-order chi connectivity index (χ0) is 12.7. The number of carboxylic acids is 1. The largest absolute Gasteiger partial charge is 0.477 e. The fourth-order valence-corrected chi connectivity index (χ4v) is 1.27. The van der Waals surface area contributed by atoms with Gasteiger partial charge < -0.3 is 14.6 Å². The van der Waals surface area contributed by atoms with E-state index in [-0.39, 0.29) is 23.2 Å². The van der Waals surface area contributed by atoms with Crippen LogP contribution in [-0.4, -0.2) is 35.9 Å². The quantitative estimate of drug-likeness (QED) is 0.601. The van der Waals surface area contributed by atoms with Crippen molar-refractivity contribution >= 4 is 17.6 Å². The van der Waals surface area contributed by atoms with Crippen LogP contribution in [0.25, 0.3) is 0 Å². The number of carboxylic acid groups (broad SMARTS) is 1. The van der Waals surface area contributed by atoms with Crippen LogP contribution in [-0.2, 0) is 4.74 Å². The Morgan fingerprint density at radius 1 is 1.41 bits per heavy atom. The van der Waals surface area contributed by atoms with Gasteiger partial charge in [-0.3, -0.25) is 0 Å². The van der Waals surface area contributed by atoms with E-state index in [2.05, 4.69) is 4.98 Å². The molecule has 0 aliphatic carbocycles. The minimum Gasteiger partial charge on any atom is -0.477 e. The molecule has 1 aromatic heterocycles. The molecule has 0 unspecified atom stereocenters. The Labute approximate surface area is 104 Å². The van der Waals surface area contributed by atoms with Gasteiger partial charge in [0.25, 0.3) is 0 Å². The number of nitrogens with zero attached hydrogens (tertiary/aromatic N) is 1. The van der Waals surface area contributed by atoms with Crippen molar-refractivity contribution in [3.8, 4) is 5.88 Å². The Kier molecular flexibility index (Phi) is 5.72. The fraction of sp³-hybridized carbons (Fsp3) is 0.455. The highest BCUT2D eigenvalue weighted by molar-refractivity contribution is 6.29. The van der Waals surface area contributed by atoms with Gasteiger partial charge in [-0.25, -0.2) is 9.78 Å². The number of carbonyl (C=O) groups is 1. The molecule has 0 amide bonds. The molecular weight excluding hydrogens is 246 g/mol. The third kappa shape index (κ3) is 4.58. The first kappa shape index (κ1) is 13.7. The molecule has 0 atom stereocenters. The molecule has 6 heteroatoms. The topological polar surface area (TPSA) is 68.7 Å². The third-order valence-electron chi connectivity index (χ3n) is 1.87. The van der Waals surface area contributed by atoms with E-state index < -0.39 is 5.97 Å². The highest BCUT2D eigenvalue weighted by atomic mass is 35.5. The smallest absolute Gasteiger partial charge is 0.341 e. The molecular formula is C11H14ClNO4. The van der Waals surface area contributed by atoms with Gasteiger partial charge in [-0.1, -0.05) is 18.5 Å². The standard InChI is InChI=1S/C11H14ClNO4/c1-2-5-16-6-7-17-10-8(11(14)15)3-4-9(12)13-10/h3-4H,2,5-7H2,1H3,(H,14,15). The van der Waals surface area contributed by atoms with E-state index in [1.54, 1.807) is 0 Å². The van der Waals surface area contributed by atoms with Crippen molar-refractivity contribution in [2.75, 3.05) is 19.8 Å². The van der Waals surface area contributed by atoms with Crippen molar-refractivity contribution in [1.29, 1.82) is 0 Å². The van der Waals surface area contributed by atoms with Gasteiger partial charge in [0.2, 0.25) is 5.88 Å². The van der Waals surface area contributed by atoms with E-state index in [0.717, 1.165) is 6.42 Å². The molecule has 17 heavy (non-hydrogen) atoms. The van der Waals surface area contributed by atoms with Gasteiger partial charge in [0.1, 0.15) is 17.3 Å². The summed E-state index contributed by atoms with van der Waals surface area (Å²) in [7, 11) is 0. The lowest BCUT2D eigenvalue weighted by molar-refractivity contribution is 0.0683. The maximum Gasteiger partial charge on any atom is 0.341 e. The first-order chi connectivity index (χ1) is 8.15. The van der Waals surface area contributed by atoms with Crippen LogP contribution in [0.3, 0.4) is 0 Å². The average Bonchev–Trinajstić information content (AvgIpc) is 2.28. The Hall–Kier alpha value is -1.33. The van der Waals surface area contributed by atoms with Gasteiger partial charge in [0, 0.05) is 6.61 Å². The lowest BCUT2D eigenvalue weighted by atomic mass is 10.3. The monoisotopic (exact) mass is 259 g/mol. The number of pyridine rings is 1. The second-order valence-electron chi connectivity index (χ2n) is 3.25. The second kappa shape index (κ2) is 7.09. The summed E-state index contributed by atoms with van der Waals surface area (Å²) in [5, 5.41) is 9.10. The first-order valence-electron chi connectivity index (χ1n) is 5.25. The second-order valence-corrected chi connectivity index (χ2v) is 3.64. The molecule has 1 aromatic rings. The number of ether oxygens (including phenoxy) is 2. The van der Waals surface area contributed by atoms with Crippen LogP contribution in [0.2, 0.25) is 5.15 Å². The first-order valence-corrected chi connectivity index (χ1v) is 5.63. The number of hydrogen-bond donors (Lipinski definition) is 1. The van der Waals surface area contributed by atoms with E-state index in [4.69, 9.17) is 26.2 Å². The van der Waals surface area contributed by atoms with Gasteiger partial charge in [-0.2, -0.15) is 0 Å². The molecule has 0 radical (unpaired) electrons. The number of halogens is 1. The van der Waals surface area contributed by atoms with E-state index in [0.29, 0.717) is 13.2 Å². The number of rotatable bonds is 7. The van der Waals surface area contributed by atoms with Gasteiger partial charge >= 0.3 is 5.97 Å². The highest BCUT2D eigenvalue weighted by Crippen LogP contribution is 2.18. The molecule has 94 valence electrons. The van der Waals surface area contributed by atoms with E-state index >= 15 is 0 Å². The van der Waals surface area contributed by atoms with Crippen LogP contribution in [0.1, 0.15) is 23.7 Å². The summed E-state index contributed by atoms with van der Waals surface area (Å²) < 4.78 is 10.4. The fourth-order valence-electron chi connectivity index (χ4n) is 1.13. The summed E-state index contributed by atoms with van der Waals surface area (Å²) >= 11 is 5.67. The van der Waals surface area contributed by atoms with E-state index in [1.807, 2.05) is 6.92 Å². The zero-order valence-electron chi connectivity index (χ0n) is 9.48. The van der Waals surface area contributed by atoms with Gasteiger partial charge in [0.05, 0.1) is 6.61 Å². The molecule has 0 bridgehead atoms. The Balaban J connectivity index is 2.56. The maximum atomic E-state index is 10.9. The molecule has 1 rings (SSSR count). The predicted molar refractivity (Wildman–Crippen MR) is 62.8 cm³/mol. The molecule has 1 heterocycles. The van der Waals surface area contributed by atoms with Gasteiger partial charge in [0.15, 0.2) is 0 Å². The lowest BCUT2D eigenvalue weighted by Gasteiger charge is -2.08. The minimum absolute atomic E-state index is 0.00936. The Bertz CT molecular complexity index is 384.